The lowest BCUT2D eigenvalue weighted by atomic mass is 10.0. The quantitative estimate of drug-likeness (QED) is 0.593. The minimum Gasteiger partial charge on any atom is -0.479 e. The van der Waals surface area contributed by atoms with Gasteiger partial charge in [0.25, 0.3) is 0 Å². The Morgan fingerprint density at radius 3 is 2.82 bits per heavy atom. The van der Waals surface area contributed by atoms with E-state index in [0.717, 1.165) is 6.42 Å². The van der Waals surface area contributed by atoms with Gasteiger partial charge < -0.3 is 15.6 Å². The Balaban J connectivity index is 2.53. The molecule has 1 rings (SSSR count). The summed E-state index contributed by atoms with van der Waals surface area (Å²) >= 11 is 0. The van der Waals surface area contributed by atoms with E-state index in [-0.39, 0.29) is 0 Å². The van der Waals surface area contributed by atoms with Crippen LogP contribution in [0.4, 0.5) is 0 Å². The third-order valence-electron chi connectivity index (χ3n) is 2.07. The van der Waals surface area contributed by atoms with Crippen LogP contribution in [-0.2, 0) is 9.53 Å². The van der Waals surface area contributed by atoms with Crippen molar-refractivity contribution in [2.24, 2.45) is 5.73 Å². The topological polar surface area (TPSA) is 72.6 Å². The Labute approximate surface area is 65.3 Å². The summed E-state index contributed by atoms with van der Waals surface area (Å²) in [7, 11) is 0. The summed E-state index contributed by atoms with van der Waals surface area (Å²) in [6.07, 6.45) is 0.660. The highest BCUT2D eigenvalue weighted by Gasteiger charge is 2.38. The first kappa shape index (κ1) is 8.49. The van der Waals surface area contributed by atoms with Crippen LogP contribution in [0.15, 0.2) is 0 Å². The molecule has 4 heteroatoms. The van der Waals surface area contributed by atoms with Crippen LogP contribution in [0.2, 0.25) is 0 Å². The van der Waals surface area contributed by atoms with Crippen molar-refractivity contribution in [1.82, 2.24) is 0 Å². The molecular weight excluding hydrogens is 146 g/mol. The van der Waals surface area contributed by atoms with Gasteiger partial charge in [-0.15, -0.1) is 0 Å². The first-order chi connectivity index (χ1) is 5.07. The Kier molecular flexibility index (Phi) is 2.15. The second-order valence-electron chi connectivity index (χ2n) is 3.14. The zero-order chi connectivity index (χ0) is 8.48. The van der Waals surface area contributed by atoms with Crippen LogP contribution in [-0.4, -0.2) is 29.3 Å². The second kappa shape index (κ2) is 2.79. The van der Waals surface area contributed by atoms with Gasteiger partial charge in [0.15, 0.2) is 6.10 Å². The van der Waals surface area contributed by atoms with Crippen molar-refractivity contribution in [3.05, 3.63) is 0 Å². The fourth-order valence-electron chi connectivity index (χ4n) is 1.22. The van der Waals surface area contributed by atoms with Gasteiger partial charge in [-0.3, -0.25) is 0 Å². The minimum atomic E-state index is -0.887. The van der Waals surface area contributed by atoms with E-state index in [0.29, 0.717) is 13.0 Å². The summed E-state index contributed by atoms with van der Waals surface area (Å²) < 4.78 is 5.23. The molecule has 0 aromatic heterocycles. The molecule has 0 aromatic carbocycles. The number of rotatable bonds is 2. The molecule has 4 nitrogen and oxygen atoms in total. The van der Waals surface area contributed by atoms with Gasteiger partial charge in [-0.1, -0.05) is 0 Å². The number of aliphatic carboxylic acids is 1. The smallest absolute Gasteiger partial charge is 0.332 e. The Morgan fingerprint density at radius 1 is 1.91 bits per heavy atom. The predicted molar refractivity (Wildman–Crippen MR) is 39.2 cm³/mol. The molecule has 0 bridgehead atoms. The van der Waals surface area contributed by atoms with Gasteiger partial charge in [-0.2, -0.15) is 0 Å². The molecule has 64 valence electrons. The summed E-state index contributed by atoms with van der Waals surface area (Å²) in [6.45, 7) is 2.23. The van der Waals surface area contributed by atoms with Gasteiger partial charge in [-0.05, 0) is 19.8 Å². The average Bonchev–Trinajstić information content (AvgIpc) is 2.33. The van der Waals surface area contributed by atoms with Crippen LogP contribution in [0, 0.1) is 0 Å². The molecule has 1 aliphatic heterocycles. The molecular formula is C7H13NO3. The summed E-state index contributed by atoms with van der Waals surface area (Å²) in [4.78, 5) is 10.4. The summed E-state index contributed by atoms with van der Waals surface area (Å²) in [5, 5.41) is 8.58. The lowest BCUT2D eigenvalue weighted by Crippen LogP contribution is -2.35. The van der Waals surface area contributed by atoms with Gasteiger partial charge in [0.1, 0.15) is 0 Å². The van der Waals surface area contributed by atoms with Crippen molar-refractivity contribution >= 4 is 5.97 Å². The van der Waals surface area contributed by atoms with Crippen molar-refractivity contribution in [3.63, 3.8) is 0 Å². The van der Waals surface area contributed by atoms with Crippen LogP contribution in [0.5, 0.6) is 0 Å². The third kappa shape index (κ3) is 1.70. The fraction of sp³-hybridized carbons (Fsp3) is 0.857. The first-order valence-corrected chi connectivity index (χ1v) is 3.68. The van der Waals surface area contributed by atoms with E-state index >= 15 is 0 Å². The molecule has 1 heterocycles. The number of hydrogen-bond acceptors (Lipinski definition) is 3. The maximum absolute atomic E-state index is 10.4. The number of carboxylic acid groups (broad SMARTS) is 1. The Bertz CT molecular complexity index is 171. The van der Waals surface area contributed by atoms with Gasteiger partial charge in [0, 0.05) is 6.54 Å². The van der Waals surface area contributed by atoms with Crippen LogP contribution in [0.25, 0.3) is 0 Å². The van der Waals surface area contributed by atoms with Gasteiger partial charge in [0.05, 0.1) is 5.60 Å². The summed E-state index contributed by atoms with van der Waals surface area (Å²) in [6, 6.07) is 0. The maximum atomic E-state index is 10.4. The Morgan fingerprint density at radius 2 is 2.55 bits per heavy atom. The van der Waals surface area contributed by atoms with E-state index in [2.05, 4.69) is 0 Å². The monoisotopic (exact) mass is 159 g/mol. The van der Waals surface area contributed by atoms with Gasteiger partial charge >= 0.3 is 5.97 Å². The molecule has 2 atom stereocenters. The molecule has 11 heavy (non-hydrogen) atoms. The first-order valence-electron chi connectivity index (χ1n) is 3.68. The maximum Gasteiger partial charge on any atom is 0.332 e. The lowest BCUT2D eigenvalue weighted by molar-refractivity contribution is -0.153. The number of nitrogens with two attached hydrogens (primary N) is 1. The lowest BCUT2D eigenvalue weighted by Gasteiger charge is -2.21. The highest BCUT2D eigenvalue weighted by atomic mass is 16.5. The largest absolute Gasteiger partial charge is 0.479 e. The second-order valence-corrected chi connectivity index (χ2v) is 3.14. The van der Waals surface area contributed by atoms with Crippen LogP contribution in [0.1, 0.15) is 19.8 Å². The molecule has 0 aromatic rings. The zero-order valence-corrected chi connectivity index (χ0v) is 6.54. The molecule has 1 fully saturated rings. The summed E-state index contributed by atoms with van der Waals surface area (Å²) in [5.74, 6) is -0.887. The van der Waals surface area contributed by atoms with Crippen molar-refractivity contribution in [2.45, 2.75) is 31.5 Å². The normalized spacial score (nSPS) is 37.5. The van der Waals surface area contributed by atoms with E-state index in [1.54, 1.807) is 0 Å². The molecule has 0 saturated carbocycles. The standard InChI is InChI=1S/C7H13NO3/c1-7(4-8)3-2-5(11-7)6(9)10/h5H,2-4,8H2,1H3,(H,9,10). The van der Waals surface area contributed by atoms with Crippen LogP contribution >= 0.6 is 0 Å². The molecule has 3 N–H and O–H groups in total. The van der Waals surface area contributed by atoms with Crippen molar-refractivity contribution in [1.29, 1.82) is 0 Å². The molecule has 0 spiro atoms. The van der Waals surface area contributed by atoms with E-state index < -0.39 is 17.7 Å². The molecule has 0 amide bonds. The van der Waals surface area contributed by atoms with E-state index in [9.17, 15) is 4.79 Å². The van der Waals surface area contributed by atoms with E-state index in [1.807, 2.05) is 6.92 Å². The molecule has 0 aliphatic carbocycles. The highest BCUT2D eigenvalue weighted by Crippen LogP contribution is 2.28. The fourth-order valence-corrected chi connectivity index (χ4v) is 1.22. The van der Waals surface area contributed by atoms with Gasteiger partial charge in [0.2, 0.25) is 0 Å². The molecule has 2 unspecified atom stereocenters. The van der Waals surface area contributed by atoms with Crippen LogP contribution in [0.3, 0.4) is 0 Å². The number of carbonyl (C=O) groups is 1. The number of ether oxygens (including phenoxy) is 1. The van der Waals surface area contributed by atoms with Crippen molar-refractivity contribution in [3.8, 4) is 0 Å². The van der Waals surface area contributed by atoms with Crippen LogP contribution < -0.4 is 5.73 Å². The van der Waals surface area contributed by atoms with E-state index in [1.165, 1.54) is 0 Å². The zero-order valence-electron chi connectivity index (χ0n) is 6.54. The number of hydrogen-bond donors (Lipinski definition) is 2. The van der Waals surface area contributed by atoms with Gasteiger partial charge in [-0.25, -0.2) is 4.79 Å². The molecule has 1 saturated heterocycles. The SMILES string of the molecule is CC1(CN)CCC(C(=O)O)O1. The Hall–Kier alpha value is -0.610. The number of carboxylic acids is 1. The average molecular weight is 159 g/mol. The van der Waals surface area contributed by atoms with Crippen molar-refractivity contribution < 1.29 is 14.6 Å². The third-order valence-corrected chi connectivity index (χ3v) is 2.07. The minimum absolute atomic E-state index is 0.386. The highest BCUT2D eigenvalue weighted by molar-refractivity contribution is 5.72. The predicted octanol–water partition coefficient (Wildman–Crippen LogP) is -0.0326. The van der Waals surface area contributed by atoms with Crippen molar-refractivity contribution in [2.75, 3.05) is 6.54 Å². The van der Waals surface area contributed by atoms with E-state index in [4.69, 9.17) is 15.6 Å². The summed E-state index contributed by atoms with van der Waals surface area (Å²) in [5.41, 5.74) is 5.00. The molecule has 0 radical (unpaired) electrons. The molecule has 1 aliphatic rings.